The Labute approximate surface area is 117 Å². The molecule has 1 rings (SSSR count). The number of hydrogen-bond acceptors (Lipinski definition) is 4. The van der Waals surface area contributed by atoms with Gasteiger partial charge in [-0.25, -0.2) is 0 Å². The number of ketones is 1. The zero-order chi connectivity index (χ0) is 14.3. The fourth-order valence-electron chi connectivity index (χ4n) is 1.67. The molecule has 104 valence electrons. The Kier molecular flexibility index (Phi) is 6.42. The van der Waals surface area contributed by atoms with Crippen LogP contribution in [0.1, 0.15) is 37.5 Å². The van der Waals surface area contributed by atoms with Crippen LogP contribution in [0.5, 0.6) is 0 Å². The van der Waals surface area contributed by atoms with Crippen LogP contribution in [0.3, 0.4) is 0 Å². The summed E-state index contributed by atoms with van der Waals surface area (Å²) in [6, 6.07) is 4.09. The van der Waals surface area contributed by atoms with Gasteiger partial charge in [0, 0.05) is 18.3 Å². The minimum Gasteiger partial charge on any atom is -0.299 e. The number of rotatable bonds is 7. The van der Waals surface area contributed by atoms with Crippen molar-refractivity contribution in [2.75, 3.05) is 7.05 Å². The van der Waals surface area contributed by atoms with E-state index >= 15 is 0 Å². The Morgan fingerprint density at radius 1 is 1.21 bits per heavy atom. The molecule has 0 fully saturated rings. The van der Waals surface area contributed by atoms with Gasteiger partial charge in [0.15, 0.2) is 0 Å². The molecule has 0 saturated carbocycles. The quantitative estimate of drug-likeness (QED) is 0.570. The highest BCUT2D eigenvalue weighted by atomic mass is 32.1. The standard InChI is InChI=1S/C14H19NO3S/c1-11(16)10-14(18)15(2)13(17)8-4-3-6-12-7-5-9-19-12/h5,7,9H,3-4,6,8,10H2,1-2H3. The van der Waals surface area contributed by atoms with Crippen LogP contribution in [0.4, 0.5) is 0 Å². The van der Waals surface area contributed by atoms with Crippen LogP contribution in [0, 0.1) is 0 Å². The number of Topliss-reactive ketones (excluding diaryl/α,β-unsaturated/α-hetero) is 1. The van der Waals surface area contributed by atoms with Gasteiger partial charge in [0.1, 0.15) is 5.78 Å². The van der Waals surface area contributed by atoms with E-state index in [1.807, 2.05) is 11.4 Å². The van der Waals surface area contributed by atoms with Crippen molar-refractivity contribution < 1.29 is 14.4 Å². The van der Waals surface area contributed by atoms with Gasteiger partial charge in [-0.3, -0.25) is 19.3 Å². The Morgan fingerprint density at radius 3 is 2.53 bits per heavy atom. The third-order valence-corrected chi connectivity index (χ3v) is 3.73. The first kappa shape index (κ1) is 15.6. The summed E-state index contributed by atoms with van der Waals surface area (Å²) in [4.78, 5) is 36.4. The van der Waals surface area contributed by atoms with E-state index in [4.69, 9.17) is 0 Å². The van der Waals surface area contributed by atoms with E-state index in [2.05, 4.69) is 6.07 Å². The Bertz CT molecular complexity index is 440. The molecule has 1 heterocycles. The van der Waals surface area contributed by atoms with Crippen molar-refractivity contribution in [2.24, 2.45) is 0 Å². The van der Waals surface area contributed by atoms with Crippen molar-refractivity contribution in [2.45, 2.75) is 39.0 Å². The van der Waals surface area contributed by atoms with E-state index in [0.717, 1.165) is 24.2 Å². The zero-order valence-corrected chi connectivity index (χ0v) is 12.2. The number of imide groups is 1. The first-order chi connectivity index (χ1) is 9.00. The third-order valence-electron chi connectivity index (χ3n) is 2.79. The van der Waals surface area contributed by atoms with Crippen molar-refractivity contribution in [1.82, 2.24) is 4.90 Å². The van der Waals surface area contributed by atoms with E-state index in [1.165, 1.54) is 18.8 Å². The average molecular weight is 281 g/mol. The topological polar surface area (TPSA) is 54.5 Å². The summed E-state index contributed by atoms with van der Waals surface area (Å²) >= 11 is 1.71. The molecule has 2 amide bonds. The van der Waals surface area contributed by atoms with Crippen LogP contribution in [-0.2, 0) is 20.8 Å². The lowest BCUT2D eigenvalue weighted by Gasteiger charge is -2.14. The molecule has 0 radical (unpaired) electrons. The second-order valence-corrected chi connectivity index (χ2v) is 5.54. The second-order valence-electron chi connectivity index (χ2n) is 4.51. The van der Waals surface area contributed by atoms with Gasteiger partial charge >= 0.3 is 0 Å². The third kappa shape index (κ3) is 5.79. The molecule has 0 aliphatic rings. The molecule has 0 spiro atoms. The number of hydrogen-bond donors (Lipinski definition) is 0. The van der Waals surface area contributed by atoms with Crippen molar-refractivity contribution in [3.05, 3.63) is 22.4 Å². The van der Waals surface area contributed by atoms with Gasteiger partial charge < -0.3 is 0 Å². The summed E-state index contributed by atoms with van der Waals surface area (Å²) in [6.45, 7) is 1.34. The maximum atomic E-state index is 11.7. The van der Waals surface area contributed by atoms with E-state index in [-0.39, 0.29) is 18.1 Å². The number of thiophene rings is 1. The summed E-state index contributed by atoms with van der Waals surface area (Å²) in [5, 5.41) is 2.04. The molecule has 0 aliphatic carbocycles. The number of nitrogens with zero attached hydrogens (tertiary/aromatic N) is 1. The predicted molar refractivity (Wildman–Crippen MR) is 74.9 cm³/mol. The largest absolute Gasteiger partial charge is 0.299 e. The number of carbonyl (C=O) groups excluding carboxylic acids is 3. The van der Waals surface area contributed by atoms with Gasteiger partial charge in [-0.05, 0) is 37.6 Å². The van der Waals surface area contributed by atoms with Gasteiger partial charge in [-0.15, -0.1) is 11.3 Å². The monoisotopic (exact) mass is 281 g/mol. The molecule has 0 atom stereocenters. The molecule has 0 saturated heterocycles. The van der Waals surface area contributed by atoms with Crippen LogP contribution < -0.4 is 0 Å². The molecule has 0 aliphatic heterocycles. The molecule has 5 heteroatoms. The molecule has 0 aromatic carbocycles. The zero-order valence-electron chi connectivity index (χ0n) is 11.3. The predicted octanol–water partition coefficient (Wildman–Crippen LogP) is 2.43. The minimum atomic E-state index is -0.421. The van der Waals surface area contributed by atoms with Crippen molar-refractivity contribution in [3.63, 3.8) is 0 Å². The first-order valence-electron chi connectivity index (χ1n) is 6.32. The molecule has 4 nitrogen and oxygen atoms in total. The van der Waals surface area contributed by atoms with Crippen molar-refractivity contribution in [1.29, 1.82) is 0 Å². The van der Waals surface area contributed by atoms with Gasteiger partial charge in [0.25, 0.3) is 0 Å². The molecule has 1 aromatic rings. The smallest absolute Gasteiger partial charge is 0.236 e. The highest BCUT2D eigenvalue weighted by molar-refractivity contribution is 7.09. The Balaban J connectivity index is 2.23. The van der Waals surface area contributed by atoms with E-state index in [9.17, 15) is 14.4 Å². The molecular formula is C14H19NO3S. The van der Waals surface area contributed by atoms with Crippen molar-refractivity contribution in [3.8, 4) is 0 Å². The number of aryl methyl sites for hydroxylation is 1. The maximum Gasteiger partial charge on any atom is 0.236 e. The lowest BCUT2D eigenvalue weighted by molar-refractivity contribution is -0.144. The van der Waals surface area contributed by atoms with Crippen LogP contribution in [0.2, 0.25) is 0 Å². The normalized spacial score (nSPS) is 10.2. The Hall–Kier alpha value is -1.49. The fourth-order valence-corrected chi connectivity index (χ4v) is 2.42. The summed E-state index contributed by atoms with van der Waals surface area (Å²) in [6.07, 6.45) is 2.81. The van der Waals surface area contributed by atoms with E-state index in [0.29, 0.717) is 6.42 Å². The summed E-state index contributed by atoms with van der Waals surface area (Å²) < 4.78 is 0. The minimum absolute atomic E-state index is 0.197. The lowest BCUT2D eigenvalue weighted by atomic mass is 10.1. The fraction of sp³-hybridized carbons (Fsp3) is 0.500. The van der Waals surface area contributed by atoms with Gasteiger partial charge in [0.2, 0.25) is 11.8 Å². The van der Waals surface area contributed by atoms with Crippen LogP contribution in [0.15, 0.2) is 17.5 Å². The SMILES string of the molecule is CC(=O)CC(=O)N(C)C(=O)CCCCc1cccs1. The van der Waals surface area contributed by atoms with Crippen LogP contribution in [-0.4, -0.2) is 29.5 Å². The van der Waals surface area contributed by atoms with Gasteiger partial charge in [-0.2, -0.15) is 0 Å². The molecule has 0 bridgehead atoms. The molecule has 1 aromatic heterocycles. The molecule has 0 unspecified atom stereocenters. The van der Waals surface area contributed by atoms with Crippen LogP contribution >= 0.6 is 11.3 Å². The molecule has 0 N–H and O–H groups in total. The number of carbonyl (C=O) groups is 3. The highest BCUT2D eigenvalue weighted by Crippen LogP contribution is 2.13. The van der Waals surface area contributed by atoms with Crippen LogP contribution in [0.25, 0.3) is 0 Å². The van der Waals surface area contributed by atoms with Gasteiger partial charge in [-0.1, -0.05) is 6.07 Å². The first-order valence-corrected chi connectivity index (χ1v) is 7.20. The second kappa shape index (κ2) is 7.84. The number of amides is 2. The van der Waals surface area contributed by atoms with Crippen molar-refractivity contribution >= 4 is 28.9 Å². The maximum absolute atomic E-state index is 11.7. The van der Waals surface area contributed by atoms with E-state index in [1.54, 1.807) is 11.3 Å². The van der Waals surface area contributed by atoms with Gasteiger partial charge in [0.05, 0.1) is 6.42 Å². The molecular weight excluding hydrogens is 262 g/mol. The summed E-state index contributed by atoms with van der Waals surface area (Å²) in [7, 11) is 1.44. The number of unbranched alkanes of at least 4 members (excludes halogenated alkanes) is 1. The summed E-state index contributed by atoms with van der Waals surface area (Å²) in [5.41, 5.74) is 0. The highest BCUT2D eigenvalue weighted by Gasteiger charge is 2.17. The average Bonchev–Trinajstić information content (AvgIpc) is 2.85. The Morgan fingerprint density at radius 2 is 1.95 bits per heavy atom. The summed E-state index contributed by atoms with van der Waals surface area (Å²) in [5.74, 6) is -0.851. The molecule has 19 heavy (non-hydrogen) atoms. The lowest BCUT2D eigenvalue weighted by Crippen LogP contribution is -2.33. The van der Waals surface area contributed by atoms with E-state index < -0.39 is 5.91 Å².